The molecular formula is C29H43N3O6S. The monoisotopic (exact) mass is 561 g/mol. The van der Waals surface area contributed by atoms with Gasteiger partial charge in [-0.05, 0) is 74.9 Å². The summed E-state index contributed by atoms with van der Waals surface area (Å²) in [6, 6.07) is 12.8. The molecule has 216 valence electrons. The van der Waals surface area contributed by atoms with E-state index in [4.69, 9.17) is 10.5 Å². The van der Waals surface area contributed by atoms with Gasteiger partial charge in [0.2, 0.25) is 0 Å². The minimum Gasteiger partial charge on any atom is -0.480 e. The van der Waals surface area contributed by atoms with E-state index in [1.807, 2.05) is 69.5 Å². The van der Waals surface area contributed by atoms with Gasteiger partial charge in [0, 0.05) is 12.6 Å². The van der Waals surface area contributed by atoms with E-state index in [0.717, 1.165) is 41.5 Å². The second-order valence-corrected chi connectivity index (χ2v) is 11.5. The number of benzene rings is 2. The van der Waals surface area contributed by atoms with Crippen LogP contribution in [0.1, 0.15) is 45.6 Å². The van der Waals surface area contributed by atoms with Gasteiger partial charge in [0.25, 0.3) is 0 Å². The van der Waals surface area contributed by atoms with Gasteiger partial charge in [-0.25, -0.2) is 0 Å². The number of aliphatic carboxylic acids is 1. The maximum atomic E-state index is 13.1. The number of carboxylic acids is 1. The van der Waals surface area contributed by atoms with Crippen molar-refractivity contribution in [1.82, 2.24) is 10.2 Å². The molecule has 10 heteroatoms. The smallest absolute Gasteiger partial charge is 0.325 e. The largest absolute Gasteiger partial charge is 0.480 e. The molecule has 0 amide bonds. The van der Waals surface area contributed by atoms with E-state index in [1.165, 1.54) is 7.11 Å². The van der Waals surface area contributed by atoms with Crippen LogP contribution in [0.25, 0.3) is 10.8 Å². The molecular weight excluding hydrogens is 518 g/mol. The summed E-state index contributed by atoms with van der Waals surface area (Å²) < 4.78 is 10.1. The summed E-state index contributed by atoms with van der Waals surface area (Å²) in [5, 5.41) is 15.1. The molecule has 0 radical (unpaired) electrons. The quantitative estimate of drug-likeness (QED) is 0.351. The van der Waals surface area contributed by atoms with Gasteiger partial charge in [-0.2, -0.15) is 11.8 Å². The fourth-order valence-corrected chi connectivity index (χ4v) is 4.99. The van der Waals surface area contributed by atoms with E-state index in [2.05, 4.69) is 10.1 Å². The Kier molecular flexibility index (Phi) is 13.2. The molecule has 4 N–H and O–H groups in total. The molecule has 1 fully saturated rings. The predicted octanol–water partition coefficient (Wildman–Crippen LogP) is 3.43. The molecule has 0 bridgehead atoms. The van der Waals surface area contributed by atoms with Crippen LogP contribution in [0.4, 0.5) is 0 Å². The number of carbonyl (C=O) groups is 3. The molecule has 0 aromatic heterocycles. The fraction of sp³-hybridized carbons (Fsp3) is 0.552. The number of nitrogens with zero attached hydrogens (tertiary/aromatic N) is 1. The summed E-state index contributed by atoms with van der Waals surface area (Å²) in [4.78, 5) is 37.2. The van der Waals surface area contributed by atoms with Crippen LogP contribution < -0.4 is 11.1 Å². The number of hydrogen-bond donors (Lipinski definition) is 3. The third kappa shape index (κ3) is 10.8. The van der Waals surface area contributed by atoms with Crippen LogP contribution in [0.3, 0.4) is 0 Å². The SMILES string of the molecule is CC(C)(C)OC(=O)C([C@@H]1CCCN1)N(CC(=O)O)Cc1cccc2ccccc12.COC(=O)[C@@H](N)CCSC. The molecule has 2 aromatic carbocycles. The Morgan fingerprint density at radius 3 is 2.44 bits per heavy atom. The highest BCUT2D eigenvalue weighted by Gasteiger charge is 2.39. The highest BCUT2D eigenvalue weighted by molar-refractivity contribution is 7.98. The Balaban J connectivity index is 0.000000455. The lowest BCUT2D eigenvalue weighted by molar-refractivity contribution is -0.163. The summed E-state index contributed by atoms with van der Waals surface area (Å²) in [7, 11) is 1.35. The zero-order chi connectivity index (χ0) is 29.0. The zero-order valence-corrected chi connectivity index (χ0v) is 24.5. The van der Waals surface area contributed by atoms with E-state index in [1.54, 1.807) is 16.7 Å². The number of fused-ring (bicyclic) bond motifs is 1. The molecule has 3 rings (SSSR count). The summed E-state index contributed by atoms with van der Waals surface area (Å²) in [5.74, 6) is -0.764. The van der Waals surface area contributed by atoms with Gasteiger partial charge in [-0.3, -0.25) is 19.3 Å². The van der Waals surface area contributed by atoms with Gasteiger partial charge < -0.3 is 25.6 Å². The number of ether oxygens (including phenoxy) is 2. The van der Waals surface area contributed by atoms with Crippen molar-refractivity contribution in [1.29, 1.82) is 0 Å². The zero-order valence-electron chi connectivity index (χ0n) is 23.6. The van der Waals surface area contributed by atoms with Crippen LogP contribution in [-0.4, -0.2) is 83.8 Å². The normalized spacial score (nSPS) is 16.7. The maximum absolute atomic E-state index is 13.1. The highest BCUT2D eigenvalue weighted by Crippen LogP contribution is 2.24. The number of nitrogens with one attached hydrogen (secondary N) is 1. The molecule has 3 atom stereocenters. The number of thioether (sulfide) groups is 1. The Hall–Kier alpha value is -2.66. The molecule has 39 heavy (non-hydrogen) atoms. The molecule has 1 aliphatic rings. The van der Waals surface area contributed by atoms with Crippen molar-refractivity contribution >= 4 is 40.4 Å². The lowest BCUT2D eigenvalue weighted by atomic mass is 10.0. The summed E-state index contributed by atoms with van der Waals surface area (Å²) in [5.41, 5.74) is 5.79. The number of esters is 2. The number of carboxylic acid groups (broad SMARTS) is 1. The molecule has 9 nitrogen and oxygen atoms in total. The minimum atomic E-state index is -0.961. The number of methoxy groups -OCH3 is 1. The van der Waals surface area contributed by atoms with Crippen LogP contribution in [0.2, 0.25) is 0 Å². The van der Waals surface area contributed by atoms with Crippen molar-refractivity contribution in [3.63, 3.8) is 0 Å². The van der Waals surface area contributed by atoms with Crippen LogP contribution >= 0.6 is 11.8 Å². The third-order valence-corrected chi connectivity index (χ3v) is 6.89. The first kappa shape index (κ1) is 32.6. The number of rotatable bonds is 11. The van der Waals surface area contributed by atoms with E-state index in [9.17, 15) is 19.5 Å². The van der Waals surface area contributed by atoms with Crippen LogP contribution in [0.5, 0.6) is 0 Å². The predicted molar refractivity (Wildman–Crippen MR) is 156 cm³/mol. The third-order valence-electron chi connectivity index (χ3n) is 6.25. The Morgan fingerprint density at radius 2 is 1.85 bits per heavy atom. The van der Waals surface area contributed by atoms with Crippen molar-refractivity contribution < 1.29 is 29.0 Å². The second-order valence-electron chi connectivity index (χ2n) is 10.5. The second kappa shape index (κ2) is 15.8. The Labute approximate surface area is 235 Å². The van der Waals surface area contributed by atoms with Crippen molar-refractivity contribution in [3.05, 3.63) is 48.0 Å². The first-order chi connectivity index (χ1) is 18.5. The standard InChI is InChI=1S/C23H30N2O4.C6H13NO2S/c1-23(2,3)29-22(28)21(19-12-7-13-24-19)25(15-20(26)27)14-17-10-6-9-16-8-4-5-11-18(16)17;1-9-6(8)5(7)3-4-10-2/h4-6,8-11,19,21,24H,7,12-15H2,1-3H3,(H,26,27);5H,3-4,7H2,1-2H3/t19-,21?;5-/m00/s1. The van der Waals surface area contributed by atoms with Crippen LogP contribution in [0.15, 0.2) is 42.5 Å². The summed E-state index contributed by atoms with van der Waals surface area (Å²) in [6.45, 7) is 6.43. The van der Waals surface area contributed by atoms with Gasteiger partial charge in [0.05, 0.1) is 13.7 Å². The average Bonchev–Trinajstić information content (AvgIpc) is 3.40. The van der Waals surface area contributed by atoms with Crippen LogP contribution in [0, 0.1) is 0 Å². The molecule has 0 spiro atoms. The maximum Gasteiger partial charge on any atom is 0.325 e. The van der Waals surface area contributed by atoms with E-state index in [0.29, 0.717) is 13.0 Å². The molecule has 1 aliphatic heterocycles. The summed E-state index contributed by atoms with van der Waals surface area (Å²) in [6.07, 6.45) is 4.44. The highest BCUT2D eigenvalue weighted by atomic mass is 32.2. The van der Waals surface area contributed by atoms with Gasteiger partial charge in [-0.15, -0.1) is 0 Å². The van der Waals surface area contributed by atoms with E-state index in [-0.39, 0.29) is 24.5 Å². The minimum absolute atomic E-state index is 0.126. The lowest BCUT2D eigenvalue weighted by Gasteiger charge is -2.35. The molecule has 0 saturated carbocycles. The van der Waals surface area contributed by atoms with Crippen molar-refractivity contribution in [2.45, 2.75) is 70.3 Å². The Morgan fingerprint density at radius 1 is 1.15 bits per heavy atom. The summed E-state index contributed by atoms with van der Waals surface area (Å²) >= 11 is 1.67. The van der Waals surface area contributed by atoms with E-state index >= 15 is 0 Å². The van der Waals surface area contributed by atoms with Crippen molar-refractivity contribution in [3.8, 4) is 0 Å². The van der Waals surface area contributed by atoms with Gasteiger partial charge in [0.1, 0.15) is 17.7 Å². The molecule has 1 unspecified atom stereocenters. The average molecular weight is 562 g/mol. The fourth-order valence-electron chi connectivity index (χ4n) is 4.50. The molecule has 1 heterocycles. The molecule has 2 aromatic rings. The first-order valence-corrected chi connectivity index (χ1v) is 14.6. The molecule has 1 saturated heterocycles. The van der Waals surface area contributed by atoms with E-state index < -0.39 is 23.7 Å². The van der Waals surface area contributed by atoms with Crippen molar-refractivity contribution in [2.75, 3.05) is 32.2 Å². The van der Waals surface area contributed by atoms with Gasteiger partial charge in [0.15, 0.2) is 0 Å². The molecule has 0 aliphatic carbocycles. The van der Waals surface area contributed by atoms with Crippen LogP contribution in [-0.2, 0) is 30.4 Å². The van der Waals surface area contributed by atoms with Gasteiger partial charge in [-0.1, -0.05) is 42.5 Å². The lowest BCUT2D eigenvalue weighted by Crippen LogP contribution is -2.55. The van der Waals surface area contributed by atoms with Crippen molar-refractivity contribution in [2.24, 2.45) is 5.73 Å². The number of hydrogen-bond acceptors (Lipinski definition) is 9. The topological polar surface area (TPSA) is 131 Å². The number of carbonyl (C=O) groups excluding carboxylic acids is 2. The first-order valence-electron chi connectivity index (χ1n) is 13.2. The number of nitrogens with two attached hydrogens (primary N) is 1. The Bertz CT molecular complexity index is 1080. The van der Waals surface area contributed by atoms with Gasteiger partial charge >= 0.3 is 17.9 Å².